The number of hydrogen-bond acceptors (Lipinski definition) is 8. The van der Waals surface area contributed by atoms with Gasteiger partial charge >= 0.3 is 23.9 Å². The highest BCUT2D eigenvalue weighted by atomic mass is 16.6. The molecular formula is C22H18O8. The van der Waals surface area contributed by atoms with Crippen LogP contribution < -0.4 is 9.47 Å². The Hall–Kier alpha value is -4.12. The van der Waals surface area contributed by atoms with Crippen LogP contribution in [0.1, 0.15) is 34.6 Å². The van der Waals surface area contributed by atoms with E-state index in [0.29, 0.717) is 0 Å². The highest BCUT2D eigenvalue weighted by molar-refractivity contribution is 5.94. The standard InChI is InChI=1S/C22H18O8/c1-15(23)29-19-11-5-3-9-17(19)21(25)27-13-7-8-14-28-22(26)18-10-4-6-12-20(18)30-16(2)24/h3-6,9-12H,13-14H2,1-2H3. The molecule has 0 fully saturated rings. The summed E-state index contributed by atoms with van der Waals surface area (Å²) in [6.45, 7) is 1.93. The van der Waals surface area contributed by atoms with Crippen LogP contribution in [0.25, 0.3) is 0 Å². The molecule has 0 N–H and O–H groups in total. The van der Waals surface area contributed by atoms with Crippen LogP contribution in [0, 0.1) is 11.8 Å². The Bertz CT molecular complexity index is 934. The average molecular weight is 410 g/mol. The highest BCUT2D eigenvalue weighted by Gasteiger charge is 2.15. The number of rotatable bonds is 6. The van der Waals surface area contributed by atoms with E-state index in [9.17, 15) is 19.2 Å². The molecule has 8 nitrogen and oxygen atoms in total. The highest BCUT2D eigenvalue weighted by Crippen LogP contribution is 2.20. The van der Waals surface area contributed by atoms with E-state index >= 15 is 0 Å². The minimum atomic E-state index is -0.714. The lowest BCUT2D eigenvalue weighted by molar-refractivity contribution is -0.132. The predicted octanol–water partition coefficient (Wildman–Crippen LogP) is 2.55. The van der Waals surface area contributed by atoms with Crippen LogP contribution in [-0.2, 0) is 19.1 Å². The van der Waals surface area contributed by atoms with Gasteiger partial charge in [0.25, 0.3) is 0 Å². The first-order valence-corrected chi connectivity index (χ1v) is 8.73. The number of benzene rings is 2. The summed E-state index contributed by atoms with van der Waals surface area (Å²) < 4.78 is 19.9. The zero-order chi connectivity index (χ0) is 21.9. The van der Waals surface area contributed by atoms with Crippen molar-refractivity contribution < 1.29 is 38.1 Å². The van der Waals surface area contributed by atoms with Gasteiger partial charge in [-0.15, -0.1) is 0 Å². The summed E-state index contributed by atoms with van der Waals surface area (Å²) in [4.78, 5) is 46.4. The van der Waals surface area contributed by atoms with Crippen LogP contribution in [0.4, 0.5) is 0 Å². The van der Waals surface area contributed by atoms with Gasteiger partial charge in [-0.1, -0.05) is 36.1 Å². The largest absolute Gasteiger partial charge is 0.449 e. The molecule has 0 saturated heterocycles. The molecule has 0 spiro atoms. The van der Waals surface area contributed by atoms with Crippen LogP contribution in [0.2, 0.25) is 0 Å². The molecule has 0 heterocycles. The van der Waals surface area contributed by atoms with Gasteiger partial charge in [0.2, 0.25) is 0 Å². The molecule has 0 saturated carbocycles. The maximum Gasteiger partial charge on any atom is 0.342 e. The number of carbonyl (C=O) groups excluding carboxylic acids is 4. The molecule has 2 rings (SSSR count). The minimum Gasteiger partial charge on any atom is -0.449 e. The third-order valence-electron chi connectivity index (χ3n) is 3.40. The Kier molecular flexibility index (Phi) is 8.15. The molecule has 0 aliphatic heterocycles. The molecule has 8 heteroatoms. The fourth-order valence-electron chi connectivity index (χ4n) is 2.22. The Morgan fingerprint density at radius 2 is 1.03 bits per heavy atom. The van der Waals surface area contributed by atoms with E-state index in [1.54, 1.807) is 24.3 Å². The van der Waals surface area contributed by atoms with Crippen molar-refractivity contribution in [2.24, 2.45) is 0 Å². The SMILES string of the molecule is CC(=O)Oc1ccccc1C(=O)OCC#CCOC(=O)c1ccccc1OC(C)=O. The van der Waals surface area contributed by atoms with E-state index in [1.807, 2.05) is 0 Å². The quantitative estimate of drug-likeness (QED) is 0.406. The molecule has 0 unspecified atom stereocenters. The molecule has 0 aromatic heterocycles. The Morgan fingerprint density at radius 1 is 0.667 bits per heavy atom. The zero-order valence-corrected chi connectivity index (χ0v) is 16.3. The number of para-hydroxylation sites is 2. The van der Waals surface area contributed by atoms with Gasteiger partial charge in [-0.3, -0.25) is 9.59 Å². The topological polar surface area (TPSA) is 105 Å². The number of carbonyl (C=O) groups is 4. The second-order valence-corrected chi connectivity index (χ2v) is 5.69. The molecular weight excluding hydrogens is 392 g/mol. The van der Waals surface area contributed by atoms with Gasteiger partial charge in [0.05, 0.1) is 0 Å². The smallest absolute Gasteiger partial charge is 0.342 e. The van der Waals surface area contributed by atoms with Crippen molar-refractivity contribution in [2.45, 2.75) is 13.8 Å². The average Bonchev–Trinajstić information content (AvgIpc) is 2.70. The van der Waals surface area contributed by atoms with Crippen LogP contribution in [0.15, 0.2) is 48.5 Å². The first kappa shape index (κ1) is 22.2. The Labute approximate surface area is 172 Å². The number of esters is 4. The van der Waals surface area contributed by atoms with E-state index in [-0.39, 0.29) is 35.8 Å². The summed E-state index contributed by atoms with van der Waals surface area (Å²) in [6.07, 6.45) is 0. The molecule has 0 aliphatic rings. The fraction of sp³-hybridized carbons (Fsp3) is 0.182. The van der Waals surface area contributed by atoms with E-state index in [1.165, 1.54) is 38.1 Å². The fourth-order valence-corrected chi connectivity index (χ4v) is 2.22. The normalized spacial score (nSPS) is 9.53. The molecule has 0 aliphatic carbocycles. The van der Waals surface area contributed by atoms with Crippen molar-refractivity contribution in [1.29, 1.82) is 0 Å². The van der Waals surface area contributed by atoms with E-state index in [0.717, 1.165) is 0 Å². The predicted molar refractivity (Wildman–Crippen MR) is 104 cm³/mol. The third kappa shape index (κ3) is 6.80. The van der Waals surface area contributed by atoms with Crippen molar-refractivity contribution in [3.05, 3.63) is 59.7 Å². The summed E-state index contributed by atoms with van der Waals surface area (Å²) >= 11 is 0. The van der Waals surface area contributed by atoms with Gasteiger partial charge in [-0.2, -0.15) is 0 Å². The van der Waals surface area contributed by atoms with Gasteiger partial charge in [0.1, 0.15) is 22.6 Å². The molecule has 0 radical (unpaired) electrons. The number of ether oxygens (including phenoxy) is 4. The van der Waals surface area contributed by atoms with Crippen molar-refractivity contribution in [3.63, 3.8) is 0 Å². The van der Waals surface area contributed by atoms with Crippen molar-refractivity contribution in [2.75, 3.05) is 13.2 Å². The molecule has 2 aromatic rings. The van der Waals surface area contributed by atoms with Gasteiger partial charge < -0.3 is 18.9 Å². The van der Waals surface area contributed by atoms with Crippen LogP contribution in [-0.4, -0.2) is 37.1 Å². The zero-order valence-electron chi connectivity index (χ0n) is 16.3. The molecule has 0 amide bonds. The number of hydrogen-bond donors (Lipinski definition) is 0. The molecule has 2 aromatic carbocycles. The molecule has 0 bridgehead atoms. The summed E-state index contributed by atoms with van der Waals surface area (Å²) in [6, 6.07) is 12.3. The Morgan fingerprint density at radius 3 is 1.40 bits per heavy atom. The van der Waals surface area contributed by atoms with Gasteiger partial charge in [-0.05, 0) is 24.3 Å². The summed E-state index contributed by atoms with van der Waals surface area (Å²) in [7, 11) is 0. The Balaban J connectivity index is 1.86. The lowest BCUT2D eigenvalue weighted by atomic mass is 10.2. The minimum absolute atomic E-state index is 0.0861. The van der Waals surface area contributed by atoms with Crippen LogP contribution in [0.3, 0.4) is 0 Å². The summed E-state index contributed by atoms with van der Waals surface area (Å²) in [5.74, 6) is 2.69. The second-order valence-electron chi connectivity index (χ2n) is 5.69. The van der Waals surface area contributed by atoms with E-state index < -0.39 is 23.9 Å². The van der Waals surface area contributed by atoms with E-state index in [2.05, 4.69) is 11.8 Å². The lowest BCUT2D eigenvalue weighted by Crippen LogP contribution is -2.11. The van der Waals surface area contributed by atoms with Gasteiger partial charge in [0.15, 0.2) is 13.2 Å². The van der Waals surface area contributed by atoms with Gasteiger partial charge in [0, 0.05) is 13.8 Å². The second kappa shape index (κ2) is 11.0. The first-order valence-electron chi connectivity index (χ1n) is 8.73. The summed E-state index contributed by atoms with van der Waals surface area (Å²) in [5, 5.41) is 0. The monoisotopic (exact) mass is 410 g/mol. The summed E-state index contributed by atoms with van der Waals surface area (Å²) in [5.41, 5.74) is 0.172. The van der Waals surface area contributed by atoms with Crippen LogP contribution in [0.5, 0.6) is 11.5 Å². The molecule has 0 atom stereocenters. The third-order valence-corrected chi connectivity index (χ3v) is 3.40. The lowest BCUT2D eigenvalue weighted by Gasteiger charge is -2.07. The molecule has 154 valence electrons. The van der Waals surface area contributed by atoms with Gasteiger partial charge in [-0.25, -0.2) is 9.59 Å². The van der Waals surface area contributed by atoms with Crippen molar-refractivity contribution in [3.8, 4) is 23.3 Å². The first-order chi connectivity index (χ1) is 14.4. The maximum absolute atomic E-state index is 12.1. The molecule has 30 heavy (non-hydrogen) atoms. The van der Waals surface area contributed by atoms with Crippen molar-refractivity contribution in [1.82, 2.24) is 0 Å². The van der Waals surface area contributed by atoms with E-state index in [4.69, 9.17) is 18.9 Å². The maximum atomic E-state index is 12.1. The van der Waals surface area contributed by atoms with Crippen molar-refractivity contribution >= 4 is 23.9 Å². The van der Waals surface area contributed by atoms with Crippen LogP contribution >= 0.6 is 0 Å².